The molecule has 15 heavy (non-hydrogen) atoms. The Balaban J connectivity index is 2.17. The second-order valence-electron chi connectivity index (χ2n) is 3.37. The summed E-state index contributed by atoms with van der Waals surface area (Å²) in [7, 11) is 0. The van der Waals surface area contributed by atoms with Gasteiger partial charge < -0.3 is 5.32 Å². The fourth-order valence-corrected chi connectivity index (χ4v) is 3.04. The Bertz CT molecular complexity index is 406. The largest absolute Gasteiger partial charge is 0.309 e. The number of aromatic nitrogens is 1. The van der Waals surface area contributed by atoms with Crippen LogP contribution in [0.4, 0.5) is 0 Å². The maximum Gasteiger partial charge on any atom is 0.124 e. The highest BCUT2D eigenvalue weighted by molar-refractivity contribution is 7.14. The van der Waals surface area contributed by atoms with Crippen LogP contribution < -0.4 is 5.32 Å². The van der Waals surface area contributed by atoms with E-state index in [2.05, 4.69) is 46.4 Å². The van der Waals surface area contributed by atoms with E-state index >= 15 is 0 Å². The summed E-state index contributed by atoms with van der Waals surface area (Å²) in [6.07, 6.45) is 0. The summed E-state index contributed by atoms with van der Waals surface area (Å²) in [6, 6.07) is 2.46. The molecule has 2 nitrogen and oxygen atoms in total. The highest BCUT2D eigenvalue weighted by atomic mass is 32.1. The molecule has 0 aromatic carbocycles. The second-order valence-corrected chi connectivity index (χ2v) is 5.01. The van der Waals surface area contributed by atoms with Gasteiger partial charge in [0, 0.05) is 22.4 Å². The van der Waals surface area contributed by atoms with E-state index in [1.807, 2.05) is 0 Å². The normalized spacial score (nSPS) is 12.9. The Hall–Kier alpha value is -0.710. The van der Waals surface area contributed by atoms with Crippen molar-refractivity contribution in [3.63, 3.8) is 0 Å². The van der Waals surface area contributed by atoms with Gasteiger partial charge in [0.25, 0.3) is 0 Å². The smallest absolute Gasteiger partial charge is 0.124 e. The first-order chi connectivity index (χ1) is 7.31. The monoisotopic (exact) mass is 238 g/mol. The Morgan fingerprint density at radius 2 is 2.33 bits per heavy atom. The maximum atomic E-state index is 4.63. The number of hydrogen-bond acceptors (Lipinski definition) is 4. The average molecular weight is 238 g/mol. The molecule has 0 bridgehead atoms. The standard InChI is InChI=1S/C11H14N2S2/c1-3-12-8(2)10-7-15-11(13-10)9-4-5-14-6-9/h4-8,12H,3H2,1-2H3. The van der Waals surface area contributed by atoms with Crippen molar-refractivity contribution in [2.24, 2.45) is 0 Å². The molecule has 2 heterocycles. The molecule has 4 heteroatoms. The summed E-state index contributed by atoms with van der Waals surface area (Å²) in [5.74, 6) is 0. The summed E-state index contributed by atoms with van der Waals surface area (Å²) in [5.41, 5.74) is 2.38. The first-order valence-corrected chi connectivity index (χ1v) is 6.85. The second kappa shape index (κ2) is 4.88. The van der Waals surface area contributed by atoms with Crippen molar-refractivity contribution < 1.29 is 0 Å². The molecule has 1 atom stereocenters. The van der Waals surface area contributed by atoms with Gasteiger partial charge in [-0.05, 0) is 24.9 Å². The highest BCUT2D eigenvalue weighted by Crippen LogP contribution is 2.27. The SMILES string of the molecule is CCNC(C)c1csc(-c2ccsc2)n1. The summed E-state index contributed by atoms with van der Waals surface area (Å²) in [6.45, 7) is 5.24. The number of thiophene rings is 1. The van der Waals surface area contributed by atoms with Gasteiger partial charge in [0.05, 0.1) is 5.69 Å². The van der Waals surface area contributed by atoms with Gasteiger partial charge in [0.1, 0.15) is 5.01 Å². The van der Waals surface area contributed by atoms with Crippen molar-refractivity contribution in [3.8, 4) is 10.6 Å². The van der Waals surface area contributed by atoms with Crippen LogP contribution in [-0.2, 0) is 0 Å². The van der Waals surface area contributed by atoms with Crippen LogP contribution in [0.25, 0.3) is 10.6 Å². The average Bonchev–Trinajstić information content (AvgIpc) is 2.89. The maximum absolute atomic E-state index is 4.63. The van der Waals surface area contributed by atoms with Gasteiger partial charge >= 0.3 is 0 Å². The lowest BCUT2D eigenvalue weighted by Gasteiger charge is -2.07. The molecule has 0 spiro atoms. The number of hydrogen-bond donors (Lipinski definition) is 1. The van der Waals surface area contributed by atoms with E-state index in [4.69, 9.17) is 0 Å². The van der Waals surface area contributed by atoms with Crippen LogP contribution in [0.1, 0.15) is 25.6 Å². The van der Waals surface area contributed by atoms with Crippen molar-refractivity contribution in [2.45, 2.75) is 19.9 Å². The Morgan fingerprint density at radius 1 is 1.47 bits per heavy atom. The van der Waals surface area contributed by atoms with Crippen molar-refractivity contribution >= 4 is 22.7 Å². The van der Waals surface area contributed by atoms with Gasteiger partial charge in [-0.1, -0.05) is 6.92 Å². The molecular formula is C11H14N2S2. The third kappa shape index (κ3) is 2.45. The van der Waals surface area contributed by atoms with Gasteiger partial charge in [0.2, 0.25) is 0 Å². The van der Waals surface area contributed by atoms with Crippen molar-refractivity contribution in [1.29, 1.82) is 0 Å². The molecule has 0 amide bonds. The zero-order valence-corrected chi connectivity index (χ0v) is 10.5. The summed E-state index contributed by atoms with van der Waals surface area (Å²) < 4.78 is 0. The predicted molar refractivity (Wildman–Crippen MR) is 67.5 cm³/mol. The Kier molecular flexibility index (Phi) is 3.51. The van der Waals surface area contributed by atoms with E-state index < -0.39 is 0 Å². The topological polar surface area (TPSA) is 24.9 Å². The van der Waals surface area contributed by atoms with Crippen LogP contribution in [-0.4, -0.2) is 11.5 Å². The van der Waals surface area contributed by atoms with E-state index in [9.17, 15) is 0 Å². The van der Waals surface area contributed by atoms with Crippen molar-refractivity contribution in [2.75, 3.05) is 6.54 Å². The molecule has 0 radical (unpaired) electrons. The zero-order chi connectivity index (χ0) is 10.7. The van der Waals surface area contributed by atoms with Gasteiger partial charge in [-0.15, -0.1) is 11.3 Å². The summed E-state index contributed by atoms with van der Waals surface area (Å²) in [5, 5.41) is 10.9. The van der Waals surface area contributed by atoms with Crippen LogP contribution in [0.3, 0.4) is 0 Å². The first kappa shape index (κ1) is 10.8. The fourth-order valence-electron chi connectivity index (χ4n) is 1.41. The van der Waals surface area contributed by atoms with Gasteiger partial charge in [-0.2, -0.15) is 11.3 Å². The number of thiazole rings is 1. The van der Waals surface area contributed by atoms with E-state index in [1.165, 1.54) is 5.56 Å². The summed E-state index contributed by atoms with van der Waals surface area (Å²) >= 11 is 3.43. The molecule has 0 aliphatic heterocycles. The molecule has 1 unspecified atom stereocenters. The Morgan fingerprint density at radius 3 is 3.00 bits per heavy atom. The molecule has 0 aliphatic carbocycles. The van der Waals surface area contributed by atoms with Crippen LogP contribution in [0.5, 0.6) is 0 Å². The minimum atomic E-state index is 0.346. The van der Waals surface area contributed by atoms with Gasteiger partial charge in [0.15, 0.2) is 0 Å². The number of nitrogens with one attached hydrogen (secondary N) is 1. The van der Waals surface area contributed by atoms with Crippen molar-refractivity contribution in [3.05, 3.63) is 27.9 Å². The lowest BCUT2D eigenvalue weighted by molar-refractivity contribution is 0.587. The van der Waals surface area contributed by atoms with Gasteiger partial charge in [-0.3, -0.25) is 0 Å². The van der Waals surface area contributed by atoms with Gasteiger partial charge in [-0.25, -0.2) is 4.98 Å². The molecule has 2 aromatic heterocycles. The van der Waals surface area contributed by atoms with E-state index in [-0.39, 0.29) is 0 Å². The minimum Gasteiger partial charge on any atom is -0.309 e. The summed E-state index contributed by atoms with van der Waals surface area (Å²) in [4.78, 5) is 4.63. The molecule has 0 saturated carbocycles. The molecule has 0 aliphatic rings. The van der Waals surface area contributed by atoms with E-state index in [0.717, 1.165) is 17.2 Å². The number of rotatable bonds is 4. The van der Waals surface area contributed by atoms with E-state index in [0.29, 0.717) is 6.04 Å². The quantitative estimate of drug-likeness (QED) is 0.881. The molecule has 0 fully saturated rings. The van der Waals surface area contributed by atoms with Crippen LogP contribution in [0, 0.1) is 0 Å². The van der Waals surface area contributed by atoms with Crippen LogP contribution in [0.2, 0.25) is 0 Å². The third-order valence-electron chi connectivity index (χ3n) is 2.24. The Labute approximate surface area is 98.0 Å². The van der Waals surface area contributed by atoms with Crippen LogP contribution >= 0.6 is 22.7 Å². The molecule has 2 aromatic rings. The molecule has 2 rings (SSSR count). The molecular weight excluding hydrogens is 224 g/mol. The number of nitrogens with zero attached hydrogens (tertiary/aromatic N) is 1. The van der Waals surface area contributed by atoms with Crippen molar-refractivity contribution in [1.82, 2.24) is 10.3 Å². The fraction of sp³-hybridized carbons (Fsp3) is 0.364. The first-order valence-electron chi connectivity index (χ1n) is 5.02. The highest BCUT2D eigenvalue weighted by Gasteiger charge is 2.09. The minimum absolute atomic E-state index is 0.346. The molecule has 80 valence electrons. The predicted octanol–water partition coefficient (Wildman–Crippen LogP) is 3.54. The lowest BCUT2D eigenvalue weighted by Crippen LogP contribution is -2.17. The molecule has 1 N–H and O–H groups in total. The zero-order valence-electron chi connectivity index (χ0n) is 8.86. The lowest BCUT2D eigenvalue weighted by atomic mass is 10.2. The molecule has 0 saturated heterocycles. The van der Waals surface area contributed by atoms with E-state index in [1.54, 1.807) is 22.7 Å². The van der Waals surface area contributed by atoms with Crippen LogP contribution in [0.15, 0.2) is 22.2 Å². The third-order valence-corrected chi connectivity index (χ3v) is 3.84.